The summed E-state index contributed by atoms with van der Waals surface area (Å²) in [5.41, 5.74) is 0.573. The van der Waals surface area contributed by atoms with Gasteiger partial charge in [-0.1, -0.05) is 6.92 Å². The second-order valence-corrected chi connectivity index (χ2v) is 6.58. The zero-order chi connectivity index (χ0) is 16.8. The first-order valence-electron chi connectivity index (χ1n) is 7.23. The van der Waals surface area contributed by atoms with Gasteiger partial charge in [0.15, 0.2) is 0 Å². The molecule has 1 N–H and O–H groups in total. The molecule has 0 heterocycles. The van der Waals surface area contributed by atoms with Crippen LogP contribution in [0.4, 0.5) is 4.79 Å². The van der Waals surface area contributed by atoms with Crippen molar-refractivity contribution in [3.63, 3.8) is 0 Å². The third kappa shape index (κ3) is 6.13. The summed E-state index contributed by atoms with van der Waals surface area (Å²) < 4.78 is 17.1. The fourth-order valence-electron chi connectivity index (χ4n) is 1.77. The van der Waals surface area contributed by atoms with Crippen LogP contribution >= 0.6 is 15.9 Å². The van der Waals surface area contributed by atoms with Crippen molar-refractivity contribution < 1.29 is 19.0 Å². The molecular formula is C16H24BrNO4. The number of benzene rings is 1. The normalized spacial score (nSPS) is 11.0. The first kappa shape index (κ1) is 18.6. The van der Waals surface area contributed by atoms with Crippen LogP contribution in [-0.4, -0.2) is 32.0 Å². The van der Waals surface area contributed by atoms with Crippen LogP contribution in [0.3, 0.4) is 0 Å². The van der Waals surface area contributed by atoms with Crippen molar-refractivity contribution in [3.8, 4) is 11.5 Å². The van der Waals surface area contributed by atoms with E-state index in [4.69, 9.17) is 14.2 Å². The molecule has 0 bridgehead atoms. The van der Waals surface area contributed by atoms with Crippen molar-refractivity contribution in [3.05, 3.63) is 22.2 Å². The number of halogens is 1. The Hall–Kier alpha value is -1.43. The fraction of sp³-hybridized carbons (Fsp3) is 0.562. The molecule has 0 aromatic heterocycles. The molecule has 1 amide bonds. The molecule has 0 saturated heterocycles. The molecule has 0 radical (unpaired) electrons. The summed E-state index contributed by atoms with van der Waals surface area (Å²) in [6, 6.07) is 3.83. The number of hydrogen-bond acceptors (Lipinski definition) is 4. The van der Waals surface area contributed by atoms with Gasteiger partial charge < -0.3 is 19.5 Å². The van der Waals surface area contributed by atoms with Crippen LogP contribution in [0.15, 0.2) is 16.6 Å². The maximum atomic E-state index is 11.5. The Bertz CT molecular complexity index is 512. The van der Waals surface area contributed by atoms with E-state index in [1.807, 2.05) is 32.9 Å². The number of methoxy groups -OCH3 is 1. The van der Waals surface area contributed by atoms with E-state index in [2.05, 4.69) is 28.2 Å². The largest absolute Gasteiger partial charge is 0.495 e. The summed E-state index contributed by atoms with van der Waals surface area (Å²) in [4.78, 5) is 11.5. The average molecular weight is 374 g/mol. The fourth-order valence-corrected chi connectivity index (χ4v) is 2.32. The number of aryl methyl sites for hydroxylation is 1. The second kappa shape index (κ2) is 8.27. The molecule has 0 aliphatic rings. The molecule has 22 heavy (non-hydrogen) atoms. The summed E-state index contributed by atoms with van der Waals surface area (Å²) in [6.07, 6.45) is 0.400. The average Bonchev–Trinajstić information content (AvgIpc) is 2.42. The predicted molar refractivity (Wildman–Crippen MR) is 89.8 cm³/mol. The minimum atomic E-state index is -0.501. The molecular weight excluding hydrogens is 350 g/mol. The molecule has 0 fully saturated rings. The van der Waals surface area contributed by atoms with Gasteiger partial charge in [0.2, 0.25) is 0 Å². The van der Waals surface area contributed by atoms with Gasteiger partial charge in [-0.05, 0) is 54.8 Å². The van der Waals surface area contributed by atoms with E-state index in [0.29, 0.717) is 18.9 Å². The molecule has 0 spiro atoms. The zero-order valence-corrected chi connectivity index (χ0v) is 15.4. The van der Waals surface area contributed by atoms with Crippen molar-refractivity contribution in [1.29, 1.82) is 0 Å². The first-order valence-corrected chi connectivity index (χ1v) is 8.02. The Balaban J connectivity index is 2.53. The van der Waals surface area contributed by atoms with E-state index in [9.17, 15) is 4.79 Å². The Kier molecular flexibility index (Phi) is 7.00. The number of rotatable bonds is 6. The molecule has 0 atom stereocenters. The van der Waals surface area contributed by atoms with Crippen LogP contribution in [0.2, 0.25) is 0 Å². The quantitative estimate of drug-likeness (QED) is 0.767. The van der Waals surface area contributed by atoms with E-state index in [1.54, 1.807) is 7.11 Å². The first-order chi connectivity index (χ1) is 10.3. The number of alkyl carbamates (subject to hydrolysis) is 1. The van der Waals surface area contributed by atoms with Crippen molar-refractivity contribution in [2.75, 3.05) is 20.3 Å². The molecule has 1 aromatic carbocycles. The summed E-state index contributed by atoms with van der Waals surface area (Å²) in [6.45, 7) is 8.26. The summed E-state index contributed by atoms with van der Waals surface area (Å²) in [5.74, 6) is 1.47. The van der Waals surface area contributed by atoms with E-state index >= 15 is 0 Å². The molecule has 1 aromatic rings. The lowest BCUT2D eigenvalue weighted by molar-refractivity contribution is 0.0520. The van der Waals surface area contributed by atoms with Crippen LogP contribution in [0.5, 0.6) is 11.5 Å². The monoisotopic (exact) mass is 373 g/mol. The van der Waals surface area contributed by atoms with Gasteiger partial charge in [0, 0.05) is 6.07 Å². The number of nitrogens with one attached hydrogen (secondary N) is 1. The maximum Gasteiger partial charge on any atom is 0.407 e. The van der Waals surface area contributed by atoms with Crippen LogP contribution in [0.1, 0.15) is 33.3 Å². The van der Waals surface area contributed by atoms with Gasteiger partial charge in [0.05, 0.1) is 18.1 Å². The van der Waals surface area contributed by atoms with Crippen LogP contribution in [-0.2, 0) is 11.2 Å². The lowest BCUT2D eigenvalue weighted by Crippen LogP contribution is -2.34. The molecule has 124 valence electrons. The smallest absolute Gasteiger partial charge is 0.407 e. The highest BCUT2D eigenvalue weighted by atomic mass is 79.9. The predicted octanol–water partition coefficient (Wildman–Crippen LogP) is 3.92. The summed E-state index contributed by atoms with van der Waals surface area (Å²) in [5, 5.41) is 2.66. The summed E-state index contributed by atoms with van der Waals surface area (Å²) in [7, 11) is 1.61. The third-order valence-electron chi connectivity index (χ3n) is 2.74. The number of carbonyl (C=O) groups is 1. The molecule has 5 nitrogen and oxygen atoms in total. The molecule has 6 heteroatoms. The Morgan fingerprint density at radius 1 is 1.27 bits per heavy atom. The van der Waals surface area contributed by atoms with Gasteiger partial charge in [-0.2, -0.15) is 0 Å². The van der Waals surface area contributed by atoms with Crippen LogP contribution in [0, 0.1) is 0 Å². The zero-order valence-electron chi connectivity index (χ0n) is 13.8. The van der Waals surface area contributed by atoms with E-state index in [-0.39, 0.29) is 0 Å². The van der Waals surface area contributed by atoms with E-state index in [0.717, 1.165) is 22.2 Å². The molecule has 0 aliphatic heterocycles. The van der Waals surface area contributed by atoms with Crippen LogP contribution < -0.4 is 14.8 Å². The Morgan fingerprint density at radius 2 is 1.95 bits per heavy atom. The van der Waals surface area contributed by atoms with E-state index < -0.39 is 11.7 Å². The van der Waals surface area contributed by atoms with Gasteiger partial charge in [-0.25, -0.2) is 4.79 Å². The molecule has 0 saturated carbocycles. The topological polar surface area (TPSA) is 56.8 Å². The van der Waals surface area contributed by atoms with Gasteiger partial charge in [0.25, 0.3) is 0 Å². The highest BCUT2D eigenvalue weighted by Gasteiger charge is 2.15. The van der Waals surface area contributed by atoms with E-state index in [1.165, 1.54) is 0 Å². The van der Waals surface area contributed by atoms with Crippen molar-refractivity contribution in [2.45, 2.75) is 39.7 Å². The minimum Gasteiger partial charge on any atom is -0.495 e. The molecule has 0 unspecified atom stereocenters. The lowest BCUT2D eigenvalue weighted by atomic mass is 10.1. The van der Waals surface area contributed by atoms with Crippen molar-refractivity contribution in [2.24, 2.45) is 0 Å². The highest BCUT2D eigenvalue weighted by molar-refractivity contribution is 9.10. The second-order valence-electron chi connectivity index (χ2n) is 5.73. The number of hydrogen-bond donors (Lipinski definition) is 1. The number of ether oxygens (including phenoxy) is 3. The standard InChI is InChI=1S/C16H24BrNO4/c1-6-11-9-12(17)14(20-5)10-13(11)21-8-7-18-15(19)22-16(2,3)4/h9-10H,6-8H2,1-5H3,(H,18,19). The van der Waals surface area contributed by atoms with Gasteiger partial charge in [0.1, 0.15) is 23.7 Å². The minimum absolute atomic E-state index is 0.358. The van der Waals surface area contributed by atoms with Gasteiger partial charge >= 0.3 is 6.09 Å². The molecule has 1 rings (SSSR count). The van der Waals surface area contributed by atoms with Crippen LogP contribution in [0.25, 0.3) is 0 Å². The highest BCUT2D eigenvalue weighted by Crippen LogP contribution is 2.33. The van der Waals surface area contributed by atoms with Gasteiger partial charge in [-0.3, -0.25) is 0 Å². The Morgan fingerprint density at radius 3 is 2.50 bits per heavy atom. The summed E-state index contributed by atoms with van der Waals surface area (Å²) >= 11 is 3.46. The Labute approximate surface area is 140 Å². The van der Waals surface area contributed by atoms with Crippen molar-refractivity contribution >= 4 is 22.0 Å². The number of amides is 1. The van der Waals surface area contributed by atoms with Gasteiger partial charge in [-0.15, -0.1) is 0 Å². The number of carbonyl (C=O) groups excluding carboxylic acids is 1. The third-order valence-corrected chi connectivity index (χ3v) is 3.36. The van der Waals surface area contributed by atoms with Crippen molar-refractivity contribution in [1.82, 2.24) is 5.32 Å². The maximum absolute atomic E-state index is 11.5. The SMILES string of the molecule is CCc1cc(Br)c(OC)cc1OCCNC(=O)OC(C)(C)C. The lowest BCUT2D eigenvalue weighted by Gasteiger charge is -2.20. The molecule has 0 aliphatic carbocycles.